The van der Waals surface area contributed by atoms with Gasteiger partial charge in [-0.2, -0.15) is 4.31 Å². The minimum Gasteiger partial charge on any atom is -0.396 e. The van der Waals surface area contributed by atoms with Gasteiger partial charge in [-0.25, -0.2) is 17.2 Å². The summed E-state index contributed by atoms with van der Waals surface area (Å²) in [6.07, 6.45) is 0. The summed E-state index contributed by atoms with van der Waals surface area (Å²) in [5.74, 6) is -2.16. The Balaban J connectivity index is 3.29. The predicted molar refractivity (Wildman–Crippen MR) is 71.7 cm³/mol. The minimum absolute atomic E-state index is 0.0627. The molecule has 2 N–H and O–H groups in total. The van der Waals surface area contributed by atoms with Gasteiger partial charge in [-0.05, 0) is 19.9 Å². The first kappa shape index (κ1) is 16.8. The van der Waals surface area contributed by atoms with Crippen molar-refractivity contribution in [2.75, 3.05) is 26.0 Å². The van der Waals surface area contributed by atoms with Crippen LogP contribution in [0.2, 0.25) is 0 Å². The Morgan fingerprint density at radius 1 is 1.30 bits per heavy atom. The monoisotopic (exact) mass is 308 g/mol. The Hall–Kier alpha value is -1.25. The molecule has 0 radical (unpaired) electrons. The third kappa shape index (κ3) is 3.44. The van der Waals surface area contributed by atoms with Crippen molar-refractivity contribution in [3.63, 3.8) is 0 Å². The number of hydrogen-bond donors (Lipinski definition) is 1. The number of methoxy groups -OCH3 is 1. The van der Waals surface area contributed by atoms with Crippen LogP contribution in [0.15, 0.2) is 17.0 Å². The van der Waals surface area contributed by atoms with Gasteiger partial charge in [0.25, 0.3) is 0 Å². The molecule has 0 heterocycles. The molecule has 0 amide bonds. The summed E-state index contributed by atoms with van der Waals surface area (Å²) in [6.45, 7) is 3.53. The van der Waals surface area contributed by atoms with E-state index in [2.05, 4.69) is 0 Å². The standard InChI is InChI=1S/C12H18F2N2O3S/c1-8(2)16(4-5-19-3)20(17,18)12-7-11(15)9(13)6-10(12)14/h6-8H,4-5,15H2,1-3H3. The second kappa shape index (κ2) is 6.47. The number of hydrogen-bond acceptors (Lipinski definition) is 4. The van der Waals surface area contributed by atoms with Gasteiger partial charge in [-0.3, -0.25) is 0 Å². The maximum atomic E-state index is 13.7. The maximum Gasteiger partial charge on any atom is 0.246 e. The van der Waals surface area contributed by atoms with E-state index in [1.807, 2.05) is 0 Å². The first-order chi connectivity index (χ1) is 9.21. The number of benzene rings is 1. The Labute approximate surface area is 117 Å². The average Bonchev–Trinajstić information content (AvgIpc) is 2.33. The largest absolute Gasteiger partial charge is 0.396 e. The fraction of sp³-hybridized carbons (Fsp3) is 0.500. The highest BCUT2D eigenvalue weighted by Crippen LogP contribution is 2.25. The second-order valence-electron chi connectivity index (χ2n) is 4.51. The lowest BCUT2D eigenvalue weighted by molar-refractivity contribution is 0.170. The zero-order valence-electron chi connectivity index (χ0n) is 11.6. The van der Waals surface area contributed by atoms with Crippen LogP contribution in [0.25, 0.3) is 0 Å². The van der Waals surface area contributed by atoms with E-state index in [0.29, 0.717) is 6.07 Å². The Morgan fingerprint density at radius 3 is 2.40 bits per heavy atom. The van der Waals surface area contributed by atoms with Crippen molar-refractivity contribution >= 4 is 15.7 Å². The highest BCUT2D eigenvalue weighted by molar-refractivity contribution is 7.89. The molecule has 0 saturated carbocycles. The van der Waals surface area contributed by atoms with Crippen LogP contribution in [0.1, 0.15) is 13.8 Å². The second-order valence-corrected chi connectivity index (χ2v) is 6.37. The van der Waals surface area contributed by atoms with E-state index in [-0.39, 0.29) is 13.2 Å². The third-order valence-electron chi connectivity index (χ3n) is 2.73. The van der Waals surface area contributed by atoms with Gasteiger partial charge < -0.3 is 10.5 Å². The molecule has 1 aromatic carbocycles. The fourth-order valence-corrected chi connectivity index (χ4v) is 3.41. The molecule has 5 nitrogen and oxygen atoms in total. The van der Waals surface area contributed by atoms with E-state index >= 15 is 0 Å². The quantitative estimate of drug-likeness (QED) is 0.810. The van der Waals surface area contributed by atoms with E-state index in [1.54, 1.807) is 13.8 Å². The molecule has 114 valence electrons. The highest BCUT2D eigenvalue weighted by atomic mass is 32.2. The Bertz CT molecular complexity index is 576. The first-order valence-corrected chi connectivity index (χ1v) is 7.41. The molecule has 0 aromatic heterocycles. The van der Waals surface area contributed by atoms with Gasteiger partial charge in [0.05, 0.1) is 12.3 Å². The van der Waals surface area contributed by atoms with Gasteiger partial charge in [-0.15, -0.1) is 0 Å². The molecule has 0 atom stereocenters. The molecule has 1 rings (SSSR count). The Kier molecular flexibility index (Phi) is 5.43. The van der Waals surface area contributed by atoms with Crippen molar-refractivity contribution in [2.24, 2.45) is 0 Å². The van der Waals surface area contributed by atoms with Crippen molar-refractivity contribution in [3.05, 3.63) is 23.8 Å². The molecule has 0 unspecified atom stereocenters. The molecule has 0 fully saturated rings. The van der Waals surface area contributed by atoms with Gasteiger partial charge in [0.1, 0.15) is 16.5 Å². The average molecular weight is 308 g/mol. The predicted octanol–water partition coefficient (Wildman–Crippen LogP) is 1.59. The SMILES string of the molecule is COCCN(C(C)C)S(=O)(=O)c1cc(N)c(F)cc1F. The molecular weight excluding hydrogens is 290 g/mol. The van der Waals surface area contributed by atoms with Crippen LogP contribution in [-0.2, 0) is 14.8 Å². The number of anilines is 1. The molecule has 0 aliphatic carbocycles. The van der Waals surface area contributed by atoms with E-state index in [1.165, 1.54) is 7.11 Å². The number of nitrogens with zero attached hydrogens (tertiary/aromatic N) is 1. The van der Waals surface area contributed by atoms with E-state index in [4.69, 9.17) is 10.5 Å². The zero-order valence-corrected chi connectivity index (χ0v) is 12.4. The van der Waals surface area contributed by atoms with Crippen LogP contribution in [0, 0.1) is 11.6 Å². The molecule has 0 aliphatic heterocycles. The van der Waals surface area contributed by atoms with Crippen LogP contribution in [-0.4, -0.2) is 39.0 Å². The highest BCUT2D eigenvalue weighted by Gasteiger charge is 2.30. The summed E-state index contributed by atoms with van der Waals surface area (Å²) in [4.78, 5) is -0.638. The molecule has 1 aromatic rings. The van der Waals surface area contributed by atoms with Crippen molar-refractivity contribution in [2.45, 2.75) is 24.8 Å². The lowest BCUT2D eigenvalue weighted by Gasteiger charge is -2.25. The maximum absolute atomic E-state index is 13.7. The van der Waals surface area contributed by atoms with Crippen LogP contribution >= 0.6 is 0 Å². The third-order valence-corrected chi connectivity index (χ3v) is 4.82. The van der Waals surface area contributed by atoms with Gasteiger partial charge in [-0.1, -0.05) is 0 Å². The topological polar surface area (TPSA) is 72.6 Å². The molecule has 0 aliphatic rings. The summed E-state index contributed by atoms with van der Waals surface area (Å²) in [5.41, 5.74) is 4.90. The smallest absolute Gasteiger partial charge is 0.246 e. The van der Waals surface area contributed by atoms with Crippen molar-refractivity contribution in [1.29, 1.82) is 0 Å². The molecule has 20 heavy (non-hydrogen) atoms. The molecule has 0 saturated heterocycles. The number of ether oxygens (including phenoxy) is 1. The number of rotatable bonds is 6. The molecule has 0 spiro atoms. The van der Waals surface area contributed by atoms with Gasteiger partial charge in [0.15, 0.2) is 0 Å². The van der Waals surface area contributed by atoms with Gasteiger partial charge >= 0.3 is 0 Å². The lowest BCUT2D eigenvalue weighted by Crippen LogP contribution is -2.39. The summed E-state index contributed by atoms with van der Waals surface area (Å²) in [5, 5.41) is 0. The first-order valence-electron chi connectivity index (χ1n) is 5.97. The summed E-state index contributed by atoms with van der Waals surface area (Å²) in [7, 11) is -2.68. The minimum atomic E-state index is -4.11. The number of nitrogens with two attached hydrogens (primary N) is 1. The number of nitrogen functional groups attached to an aromatic ring is 1. The van der Waals surface area contributed by atoms with Crippen molar-refractivity contribution in [3.8, 4) is 0 Å². The summed E-state index contributed by atoms with van der Waals surface area (Å²) >= 11 is 0. The fourth-order valence-electron chi connectivity index (χ4n) is 1.71. The normalized spacial score (nSPS) is 12.3. The summed E-state index contributed by atoms with van der Waals surface area (Å²) < 4.78 is 57.6. The lowest BCUT2D eigenvalue weighted by atomic mass is 10.3. The molecular formula is C12H18F2N2O3S. The van der Waals surface area contributed by atoms with Crippen LogP contribution in [0.4, 0.5) is 14.5 Å². The van der Waals surface area contributed by atoms with E-state index in [9.17, 15) is 17.2 Å². The van der Waals surface area contributed by atoms with E-state index < -0.39 is 38.3 Å². The molecule has 8 heteroatoms. The van der Waals surface area contributed by atoms with Gasteiger partial charge in [0, 0.05) is 25.8 Å². The number of halogens is 2. The van der Waals surface area contributed by atoms with Crippen LogP contribution in [0.3, 0.4) is 0 Å². The Morgan fingerprint density at radius 2 is 1.90 bits per heavy atom. The van der Waals surface area contributed by atoms with Crippen molar-refractivity contribution < 1.29 is 21.9 Å². The van der Waals surface area contributed by atoms with Crippen LogP contribution in [0.5, 0.6) is 0 Å². The van der Waals surface area contributed by atoms with Crippen molar-refractivity contribution in [1.82, 2.24) is 4.31 Å². The van der Waals surface area contributed by atoms with Gasteiger partial charge in [0.2, 0.25) is 10.0 Å². The van der Waals surface area contributed by atoms with E-state index in [0.717, 1.165) is 10.4 Å². The number of sulfonamides is 1. The zero-order chi connectivity index (χ0) is 15.5. The molecule has 0 bridgehead atoms. The summed E-state index contributed by atoms with van der Waals surface area (Å²) in [6, 6.07) is 0.861. The van der Waals surface area contributed by atoms with Crippen LogP contribution < -0.4 is 5.73 Å².